The number of carbonyl (C=O) groups excluding carboxylic acids is 1. The fraction of sp³-hybridized carbons (Fsp3) is 0.250. The van der Waals surface area contributed by atoms with Crippen molar-refractivity contribution in [1.29, 1.82) is 0 Å². The van der Waals surface area contributed by atoms with E-state index in [1.807, 2.05) is 0 Å². The Labute approximate surface area is 156 Å². The predicted molar refractivity (Wildman–Crippen MR) is 98.8 cm³/mol. The maximum Gasteiger partial charge on any atom is 0.257 e. The monoisotopic (exact) mass is 401 g/mol. The topological polar surface area (TPSA) is 79.4 Å². The van der Waals surface area contributed by atoms with Gasteiger partial charge in [0.25, 0.3) is 5.91 Å². The average molecular weight is 402 g/mol. The van der Waals surface area contributed by atoms with Gasteiger partial charge in [-0.25, -0.2) is 13.4 Å². The fourth-order valence-electron chi connectivity index (χ4n) is 2.17. The lowest BCUT2D eigenvalue weighted by atomic mass is 10.2. The standard InChI is InChI=1S/C16H17Cl2N3O3S/c1-3-21(4-2)25(23,24)13-7-5-12(6-8-13)20-16(22)11-9-14(17)15(18)19-10-11/h5-10H,3-4H2,1-2H3,(H,20,22). The van der Waals surface area contributed by atoms with E-state index in [2.05, 4.69) is 10.3 Å². The van der Waals surface area contributed by atoms with Crippen LogP contribution in [0, 0.1) is 0 Å². The Balaban J connectivity index is 2.17. The van der Waals surface area contributed by atoms with E-state index in [9.17, 15) is 13.2 Å². The molecule has 0 aliphatic rings. The molecule has 1 N–H and O–H groups in total. The van der Waals surface area contributed by atoms with Crippen LogP contribution in [0.2, 0.25) is 10.2 Å². The predicted octanol–water partition coefficient (Wildman–Crippen LogP) is 3.67. The first kappa shape index (κ1) is 19.7. The molecule has 1 heterocycles. The minimum absolute atomic E-state index is 0.115. The van der Waals surface area contributed by atoms with Gasteiger partial charge in [-0.15, -0.1) is 0 Å². The molecule has 0 spiro atoms. The van der Waals surface area contributed by atoms with E-state index < -0.39 is 15.9 Å². The zero-order valence-corrected chi connectivity index (χ0v) is 16.0. The summed E-state index contributed by atoms with van der Waals surface area (Å²) in [6.07, 6.45) is 1.31. The Hall–Kier alpha value is -1.67. The van der Waals surface area contributed by atoms with Crippen molar-refractivity contribution < 1.29 is 13.2 Å². The van der Waals surface area contributed by atoms with Crippen molar-refractivity contribution in [3.05, 3.63) is 52.3 Å². The first-order valence-corrected chi connectivity index (χ1v) is 9.71. The normalized spacial score (nSPS) is 11.6. The van der Waals surface area contributed by atoms with Gasteiger partial charge >= 0.3 is 0 Å². The van der Waals surface area contributed by atoms with Crippen molar-refractivity contribution >= 4 is 44.8 Å². The van der Waals surface area contributed by atoms with Gasteiger partial charge < -0.3 is 5.32 Å². The Kier molecular flexibility index (Phi) is 6.40. The lowest BCUT2D eigenvalue weighted by molar-refractivity contribution is 0.102. The highest BCUT2D eigenvalue weighted by atomic mass is 35.5. The zero-order chi connectivity index (χ0) is 18.6. The molecule has 25 heavy (non-hydrogen) atoms. The number of nitrogens with zero attached hydrogens (tertiary/aromatic N) is 2. The van der Waals surface area contributed by atoms with Crippen LogP contribution < -0.4 is 5.32 Å². The SMILES string of the molecule is CCN(CC)S(=O)(=O)c1ccc(NC(=O)c2cnc(Cl)c(Cl)c2)cc1. The van der Waals surface area contributed by atoms with Crippen molar-refractivity contribution in [2.45, 2.75) is 18.7 Å². The lowest BCUT2D eigenvalue weighted by Gasteiger charge is -2.18. The van der Waals surface area contributed by atoms with Crippen LogP contribution in [0.5, 0.6) is 0 Å². The van der Waals surface area contributed by atoms with Gasteiger partial charge in [0.05, 0.1) is 15.5 Å². The van der Waals surface area contributed by atoms with E-state index in [4.69, 9.17) is 23.2 Å². The largest absolute Gasteiger partial charge is 0.322 e. The van der Waals surface area contributed by atoms with E-state index >= 15 is 0 Å². The highest BCUT2D eigenvalue weighted by Gasteiger charge is 2.21. The summed E-state index contributed by atoms with van der Waals surface area (Å²) in [4.78, 5) is 16.2. The smallest absolute Gasteiger partial charge is 0.257 e. The van der Waals surface area contributed by atoms with Crippen LogP contribution in [0.15, 0.2) is 41.4 Å². The van der Waals surface area contributed by atoms with E-state index in [1.54, 1.807) is 13.8 Å². The Morgan fingerprint density at radius 3 is 2.28 bits per heavy atom. The van der Waals surface area contributed by atoms with Crippen molar-refractivity contribution in [2.24, 2.45) is 0 Å². The zero-order valence-electron chi connectivity index (χ0n) is 13.7. The molecule has 1 aromatic carbocycles. The molecular formula is C16H17Cl2N3O3S. The highest BCUT2D eigenvalue weighted by molar-refractivity contribution is 7.89. The number of aromatic nitrogens is 1. The summed E-state index contributed by atoms with van der Waals surface area (Å²) in [7, 11) is -3.53. The van der Waals surface area contributed by atoms with Crippen LogP contribution in [0.3, 0.4) is 0 Å². The molecule has 0 aliphatic heterocycles. The van der Waals surface area contributed by atoms with Gasteiger partial charge in [-0.2, -0.15) is 4.31 Å². The maximum absolute atomic E-state index is 12.4. The lowest BCUT2D eigenvalue weighted by Crippen LogP contribution is -2.30. The summed E-state index contributed by atoms with van der Waals surface area (Å²) < 4.78 is 26.2. The molecule has 1 aromatic heterocycles. The Bertz CT molecular complexity index is 867. The summed E-state index contributed by atoms with van der Waals surface area (Å²) in [5, 5.41) is 2.94. The second kappa shape index (κ2) is 8.14. The van der Waals surface area contributed by atoms with Gasteiger partial charge in [0, 0.05) is 25.0 Å². The third kappa shape index (κ3) is 4.49. The Morgan fingerprint density at radius 1 is 1.16 bits per heavy atom. The molecule has 0 bridgehead atoms. The number of benzene rings is 1. The van der Waals surface area contributed by atoms with Crippen LogP contribution in [0.1, 0.15) is 24.2 Å². The molecule has 0 fully saturated rings. The van der Waals surface area contributed by atoms with Crippen molar-refractivity contribution in [3.8, 4) is 0 Å². The van der Waals surface area contributed by atoms with E-state index in [-0.39, 0.29) is 20.6 Å². The molecule has 6 nitrogen and oxygen atoms in total. The summed E-state index contributed by atoms with van der Waals surface area (Å²) in [6, 6.07) is 7.37. The molecule has 0 radical (unpaired) electrons. The number of halogens is 2. The van der Waals surface area contributed by atoms with Gasteiger partial charge in [0.2, 0.25) is 10.0 Å². The molecule has 0 atom stereocenters. The molecule has 134 valence electrons. The summed E-state index contributed by atoms with van der Waals surface area (Å²) >= 11 is 11.6. The number of anilines is 1. The number of sulfonamides is 1. The average Bonchev–Trinajstić information content (AvgIpc) is 2.58. The number of rotatable bonds is 6. The molecule has 0 unspecified atom stereocenters. The van der Waals surface area contributed by atoms with Crippen molar-refractivity contribution in [3.63, 3.8) is 0 Å². The maximum atomic E-state index is 12.4. The summed E-state index contributed by atoms with van der Waals surface area (Å²) in [5.74, 6) is -0.426. The van der Waals surface area contributed by atoms with E-state index in [0.29, 0.717) is 18.8 Å². The number of carbonyl (C=O) groups is 1. The second-order valence-corrected chi connectivity index (χ2v) is 7.77. The minimum Gasteiger partial charge on any atom is -0.322 e. The first-order valence-electron chi connectivity index (χ1n) is 7.52. The van der Waals surface area contributed by atoms with Gasteiger partial charge in [-0.05, 0) is 30.3 Å². The number of pyridine rings is 1. The highest BCUT2D eigenvalue weighted by Crippen LogP contribution is 2.21. The number of hydrogen-bond acceptors (Lipinski definition) is 4. The third-order valence-electron chi connectivity index (χ3n) is 3.51. The first-order chi connectivity index (χ1) is 11.8. The van der Waals surface area contributed by atoms with Crippen LogP contribution in [-0.2, 0) is 10.0 Å². The quantitative estimate of drug-likeness (QED) is 0.748. The molecule has 2 rings (SSSR count). The molecule has 2 aromatic rings. The third-order valence-corrected chi connectivity index (χ3v) is 6.26. The summed E-state index contributed by atoms with van der Waals surface area (Å²) in [5.41, 5.74) is 0.698. The minimum atomic E-state index is -3.53. The van der Waals surface area contributed by atoms with E-state index in [0.717, 1.165) is 0 Å². The molecule has 9 heteroatoms. The molecule has 0 saturated carbocycles. The van der Waals surface area contributed by atoms with Crippen LogP contribution in [-0.4, -0.2) is 36.7 Å². The fourth-order valence-corrected chi connectivity index (χ4v) is 3.90. The summed E-state index contributed by atoms with van der Waals surface area (Å²) in [6.45, 7) is 4.34. The molecular weight excluding hydrogens is 385 g/mol. The molecule has 0 aliphatic carbocycles. The number of amides is 1. The van der Waals surface area contributed by atoms with Gasteiger partial charge in [0.15, 0.2) is 0 Å². The van der Waals surface area contributed by atoms with Gasteiger partial charge in [-0.1, -0.05) is 37.0 Å². The van der Waals surface area contributed by atoms with E-state index in [1.165, 1.54) is 40.8 Å². The van der Waals surface area contributed by atoms with Gasteiger partial charge in [-0.3, -0.25) is 4.79 Å². The number of nitrogens with one attached hydrogen (secondary N) is 1. The van der Waals surface area contributed by atoms with Gasteiger partial charge in [0.1, 0.15) is 5.15 Å². The van der Waals surface area contributed by atoms with Crippen molar-refractivity contribution in [2.75, 3.05) is 18.4 Å². The molecule has 1 amide bonds. The van der Waals surface area contributed by atoms with Crippen molar-refractivity contribution in [1.82, 2.24) is 9.29 Å². The second-order valence-electron chi connectivity index (χ2n) is 5.06. The van der Waals surface area contributed by atoms with Crippen LogP contribution in [0.25, 0.3) is 0 Å². The number of hydrogen-bond donors (Lipinski definition) is 1. The Morgan fingerprint density at radius 2 is 1.76 bits per heavy atom. The van der Waals surface area contributed by atoms with Crippen LogP contribution >= 0.6 is 23.2 Å². The molecule has 0 saturated heterocycles. The van der Waals surface area contributed by atoms with Crippen LogP contribution in [0.4, 0.5) is 5.69 Å².